The lowest BCUT2D eigenvalue weighted by Gasteiger charge is -2.14. The highest BCUT2D eigenvalue weighted by Crippen LogP contribution is 2.10. The number of hydrogen-bond donors (Lipinski definition) is 2. The van der Waals surface area contributed by atoms with Crippen LogP contribution < -0.4 is 5.32 Å². The van der Waals surface area contributed by atoms with Gasteiger partial charge in [0.1, 0.15) is 23.9 Å². The average Bonchev–Trinajstić information content (AvgIpc) is 3.11. The van der Waals surface area contributed by atoms with Crippen LogP contribution in [0.4, 0.5) is 0 Å². The number of aromatic nitrogens is 4. The van der Waals surface area contributed by atoms with E-state index in [-0.39, 0.29) is 6.04 Å². The molecule has 0 aliphatic rings. The Morgan fingerprint density at radius 1 is 1.60 bits per heavy atom. The summed E-state index contributed by atoms with van der Waals surface area (Å²) in [7, 11) is 1.67. The third kappa shape index (κ3) is 3.44. The number of hydrogen-bond acceptors (Lipinski definition) is 5. The lowest BCUT2D eigenvalue weighted by molar-refractivity contribution is 0.185. The number of nitrogens with zero attached hydrogens (tertiary/aromatic N) is 4. The first-order valence-electron chi connectivity index (χ1n) is 6.42. The van der Waals surface area contributed by atoms with Gasteiger partial charge in [-0.1, -0.05) is 0 Å². The lowest BCUT2D eigenvalue weighted by Crippen LogP contribution is -2.22. The van der Waals surface area contributed by atoms with E-state index in [1.165, 1.54) is 0 Å². The summed E-state index contributed by atoms with van der Waals surface area (Å²) in [6, 6.07) is 3.96. The van der Waals surface area contributed by atoms with Crippen LogP contribution in [0, 0.1) is 11.3 Å². The molecule has 20 heavy (non-hydrogen) atoms. The Hall–Kier alpha value is -2.17. The number of nitriles is 1. The van der Waals surface area contributed by atoms with Gasteiger partial charge in [0.05, 0.1) is 12.6 Å². The Kier molecular flexibility index (Phi) is 4.87. The highest BCUT2D eigenvalue weighted by Gasteiger charge is 2.12. The summed E-state index contributed by atoms with van der Waals surface area (Å²) < 4.78 is 7.03. The molecule has 7 nitrogen and oxygen atoms in total. The summed E-state index contributed by atoms with van der Waals surface area (Å²) in [4.78, 5) is 2.90. The SMILES string of the molecule is COCCn1cnnc1C(C)NCc1c[nH]c(C#N)c1. The molecular weight excluding hydrogens is 256 g/mol. The van der Waals surface area contributed by atoms with Crippen LogP contribution in [0.25, 0.3) is 0 Å². The Morgan fingerprint density at radius 2 is 2.45 bits per heavy atom. The maximum Gasteiger partial charge on any atom is 0.149 e. The Balaban J connectivity index is 1.93. The summed E-state index contributed by atoms with van der Waals surface area (Å²) in [6.07, 6.45) is 3.53. The smallest absolute Gasteiger partial charge is 0.149 e. The first-order valence-corrected chi connectivity index (χ1v) is 6.42. The average molecular weight is 274 g/mol. The van der Waals surface area contributed by atoms with E-state index in [0.29, 0.717) is 18.8 Å². The van der Waals surface area contributed by atoms with E-state index in [1.807, 2.05) is 23.8 Å². The molecule has 0 saturated carbocycles. The first kappa shape index (κ1) is 14.2. The summed E-state index contributed by atoms with van der Waals surface area (Å²) >= 11 is 0. The highest BCUT2D eigenvalue weighted by molar-refractivity contribution is 5.26. The van der Waals surface area contributed by atoms with Gasteiger partial charge < -0.3 is 19.6 Å². The van der Waals surface area contributed by atoms with Crippen molar-refractivity contribution in [3.63, 3.8) is 0 Å². The minimum atomic E-state index is 0.0646. The molecule has 0 bridgehead atoms. The zero-order chi connectivity index (χ0) is 14.4. The second-order valence-corrected chi connectivity index (χ2v) is 4.51. The van der Waals surface area contributed by atoms with Gasteiger partial charge in [-0.15, -0.1) is 10.2 Å². The maximum atomic E-state index is 8.76. The number of rotatable bonds is 7. The van der Waals surface area contributed by atoms with Gasteiger partial charge in [-0.25, -0.2) is 0 Å². The molecule has 0 spiro atoms. The molecule has 2 aromatic heterocycles. The van der Waals surface area contributed by atoms with Gasteiger partial charge in [0.25, 0.3) is 0 Å². The molecule has 0 amide bonds. The van der Waals surface area contributed by atoms with Crippen LogP contribution in [-0.2, 0) is 17.8 Å². The van der Waals surface area contributed by atoms with E-state index >= 15 is 0 Å². The fourth-order valence-electron chi connectivity index (χ4n) is 1.93. The molecule has 106 valence electrons. The lowest BCUT2D eigenvalue weighted by atomic mass is 10.2. The molecule has 0 aromatic carbocycles. The van der Waals surface area contributed by atoms with Crippen molar-refractivity contribution in [3.05, 3.63) is 35.7 Å². The molecule has 0 saturated heterocycles. The minimum Gasteiger partial charge on any atom is -0.383 e. The van der Waals surface area contributed by atoms with Gasteiger partial charge in [-0.2, -0.15) is 5.26 Å². The molecule has 0 radical (unpaired) electrons. The first-order chi connectivity index (χ1) is 9.74. The number of nitrogens with one attached hydrogen (secondary N) is 2. The van der Waals surface area contributed by atoms with Crippen molar-refractivity contribution in [2.24, 2.45) is 0 Å². The number of methoxy groups -OCH3 is 1. The molecule has 1 atom stereocenters. The number of H-pyrrole nitrogens is 1. The van der Waals surface area contributed by atoms with Gasteiger partial charge in [-0.3, -0.25) is 0 Å². The molecule has 2 heterocycles. The predicted molar refractivity (Wildman–Crippen MR) is 72.7 cm³/mol. The highest BCUT2D eigenvalue weighted by atomic mass is 16.5. The van der Waals surface area contributed by atoms with Crippen molar-refractivity contribution in [2.45, 2.75) is 26.1 Å². The van der Waals surface area contributed by atoms with Crippen LogP contribution in [0.2, 0.25) is 0 Å². The molecule has 2 aromatic rings. The monoisotopic (exact) mass is 274 g/mol. The van der Waals surface area contributed by atoms with Gasteiger partial charge in [0.15, 0.2) is 0 Å². The topological polar surface area (TPSA) is 91.5 Å². The summed E-state index contributed by atoms with van der Waals surface area (Å²) in [6.45, 7) is 4.05. The Labute approximate surface area is 117 Å². The van der Waals surface area contributed by atoms with E-state index in [0.717, 1.165) is 17.9 Å². The van der Waals surface area contributed by atoms with E-state index in [1.54, 1.807) is 13.4 Å². The molecule has 2 rings (SSSR count). The fourth-order valence-corrected chi connectivity index (χ4v) is 1.93. The third-order valence-corrected chi connectivity index (χ3v) is 3.04. The largest absolute Gasteiger partial charge is 0.383 e. The third-order valence-electron chi connectivity index (χ3n) is 3.04. The standard InChI is InChI=1S/C13H18N6O/c1-10(13-18-17-9-19(13)3-4-20-2)15-7-11-5-12(6-14)16-8-11/h5,8-10,15-16H,3-4,7H2,1-2H3. The van der Waals surface area contributed by atoms with Gasteiger partial charge >= 0.3 is 0 Å². The maximum absolute atomic E-state index is 8.76. The zero-order valence-corrected chi connectivity index (χ0v) is 11.6. The van der Waals surface area contributed by atoms with Gasteiger partial charge in [-0.05, 0) is 18.6 Å². The van der Waals surface area contributed by atoms with Crippen LogP contribution >= 0.6 is 0 Å². The predicted octanol–water partition coefficient (Wildman–Crippen LogP) is 0.975. The second kappa shape index (κ2) is 6.84. The summed E-state index contributed by atoms with van der Waals surface area (Å²) in [5.41, 5.74) is 1.61. The van der Waals surface area contributed by atoms with Crippen LogP contribution in [0.3, 0.4) is 0 Å². The van der Waals surface area contributed by atoms with E-state index in [2.05, 4.69) is 26.6 Å². The molecular formula is C13H18N6O. The molecule has 2 N–H and O–H groups in total. The molecule has 0 aliphatic carbocycles. The number of ether oxygens (including phenoxy) is 1. The molecule has 7 heteroatoms. The second-order valence-electron chi connectivity index (χ2n) is 4.51. The van der Waals surface area contributed by atoms with Gasteiger partial charge in [0, 0.05) is 26.4 Å². The van der Waals surface area contributed by atoms with Crippen LogP contribution in [0.15, 0.2) is 18.6 Å². The molecule has 0 aliphatic heterocycles. The normalized spacial score (nSPS) is 12.2. The Morgan fingerprint density at radius 3 is 3.15 bits per heavy atom. The van der Waals surface area contributed by atoms with E-state index < -0.39 is 0 Å². The van der Waals surface area contributed by atoms with Crippen LogP contribution in [0.1, 0.15) is 30.0 Å². The Bertz CT molecular complexity index is 582. The van der Waals surface area contributed by atoms with Crippen molar-refractivity contribution in [2.75, 3.05) is 13.7 Å². The summed E-state index contributed by atoms with van der Waals surface area (Å²) in [5.74, 6) is 0.873. The molecule has 1 unspecified atom stereocenters. The van der Waals surface area contributed by atoms with E-state index in [4.69, 9.17) is 10.00 Å². The fraction of sp³-hybridized carbons (Fsp3) is 0.462. The van der Waals surface area contributed by atoms with Crippen molar-refractivity contribution < 1.29 is 4.74 Å². The van der Waals surface area contributed by atoms with Crippen molar-refractivity contribution >= 4 is 0 Å². The minimum absolute atomic E-state index is 0.0646. The number of aromatic amines is 1. The zero-order valence-electron chi connectivity index (χ0n) is 11.6. The van der Waals surface area contributed by atoms with Gasteiger partial charge in [0.2, 0.25) is 0 Å². The van der Waals surface area contributed by atoms with Crippen molar-refractivity contribution in [1.82, 2.24) is 25.1 Å². The van der Waals surface area contributed by atoms with E-state index in [9.17, 15) is 0 Å². The van der Waals surface area contributed by atoms with Crippen molar-refractivity contribution in [3.8, 4) is 6.07 Å². The van der Waals surface area contributed by atoms with Crippen LogP contribution in [-0.4, -0.2) is 33.5 Å². The van der Waals surface area contributed by atoms with Crippen LogP contribution in [0.5, 0.6) is 0 Å². The van der Waals surface area contributed by atoms with Crippen molar-refractivity contribution in [1.29, 1.82) is 5.26 Å². The summed E-state index contributed by atoms with van der Waals surface area (Å²) in [5, 5.41) is 20.2. The quantitative estimate of drug-likeness (QED) is 0.785. The molecule has 0 fully saturated rings.